The molecular formula is C13H17BrN2O3. The van der Waals surface area contributed by atoms with Gasteiger partial charge in [0.25, 0.3) is 5.91 Å². The predicted molar refractivity (Wildman–Crippen MR) is 73.9 cm³/mol. The van der Waals surface area contributed by atoms with Crippen molar-refractivity contribution in [2.75, 3.05) is 26.8 Å². The zero-order valence-electron chi connectivity index (χ0n) is 10.8. The molecule has 0 spiro atoms. The molecule has 19 heavy (non-hydrogen) atoms. The van der Waals surface area contributed by atoms with E-state index >= 15 is 0 Å². The third kappa shape index (κ3) is 3.75. The lowest BCUT2D eigenvalue weighted by Gasteiger charge is -2.35. The van der Waals surface area contributed by atoms with Gasteiger partial charge in [-0.05, 0) is 28.1 Å². The normalized spacial score (nSPS) is 18.1. The highest BCUT2D eigenvalue weighted by Crippen LogP contribution is 2.21. The fourth-order valence-corrected chi connectivity index (χ4v) is 2.36. The van der Waals surface area contributed by atoms with Gasteiger partial charge in [-0.15, -0.1) is 0 Å². The molecule has 0 bridgehead atoms. The number of rotatable bonds is 3. The molecule has 1 N–H and O–H groups in total. The van der Waals surface area contributed by atoms with E-state index < -0.39 is 5.60 Å². The molecule has 1 aromatic heterocycles. The first kappa shape index (κ1) is 14.4. The lowest BCUT2D eigenvalue weighted by molar-refractivity contribution is -0.0734. The minimum Gasteiger partial charge on any atom is -0.388 e. The largest absolute Gasteiger partial charge is 0.388 e. The molecule has 1 aliphatic heterocycles. The Morgan fingerprint density at radius 1 is 1.53 bits per heavy atom. The topological polar surface area (TPSA) is 62.7 Å². The number of amides is 1. The number of ether oxygens (including phenoxy) is 1. The Bertz CT molecular complexity index is 444. The Morgan fingerprint density at radius 3 is 2.79 bits per heavy atom. The van der Waals surface area contributed by atoms with Crippen molar-refractivity contribution in [1.82, 2.24) is 9.88 Å². The highest BCUT2D eigenvalue weighted by molar-refractivity contribution is 9.10. The molecule has 5 nitrogen and oxygen atoms in total. The van der Waals surface area contributed by atoms with E-state index in [0.29, 0.717) is 38.3 Å². The van der Waals surface area contributed by atoms with Crippen LogP contribution in [0.2, 0.25) is 0 Å². The maximum Gasteiger partial charge on any atom is 0.272 e. The van der Waals surface area contributed by atoms with E-state index in [2.05, 4.69) is 20.9 Å². The Hall–Kier alpha value is -0.980. The number of carbonyl (C=O) groups excluding carboxylic acids is 1. The molecule has 2 heterocycles. The van der Waals surface area contributed by atoms with E-state index in [-0.39, 0.29) is 5.91 Å². The molecule has 6 heteroatoms. The number of carbonyl (C=O) groups is 1. The summed E-state index contributed by atoms with van der Waals surface area (Å²) >= 11 is 3.28. The molecule has 0 radical (unpaired) electrons. The van der Waals surface area contributed by atoms with Gasteiger partial charge in [0.05, 0.1) is 5.60 Å². The van der Waals surface area contributed by atoms with Gasteiger partial charge in [0.2, 0.25) is 0 Å². The highest BCUT2D eigenvalue weighted by Gasteiger charge is 2.32. The van der Waals surface area contributed by atoms with Gasteiger partial charge in [-0.1, -0.05) is 0 Å². The summed E-state index contributed by atoms with van der Waals surface area (Å²) < 4.78 is 6.05. The molecule has 1 fully saturated rings. The van der Waals surface area contributed by atoms with Gasteiger partial charge in [0, 0.05) is 50.3 Å². The smallest absolute Gasteiger partial charge is 0.272 e. The second-order valence-corrected chi connectivity index (χ2v) is 5.78. The number of hydrogen-bond donors (Lipinski definition) is 1. The van der Waals surface area contributed by atoms with Gasteiger partial charge in [0.15, 0.2) is 0 Å². The van der Waals surface area contributed by atoms with Gasteiger partial charge < -0.3 is 14.7 Å². The fraction of sp³-hybridized carbons (Fsp3) is 0.538. The van der Waals surface area contributed by atoms with Crippen LogP contribution in [0, 0.1) is 0 Å². The fourth-order valence-electron chi connectivity index (χ4n) is 2.12. The lowest BCUT2D eigenvalue weighted by atomic mass is 9.94. The van der Waals surface area contributed by atoms with Crippen LogP contribution in [0.3, 0.4) is 0 Å². The van der Waals surface area contributed by atoms with Crippen molar-refractivity contribution in [3.8, 4) is 0 Å². The monoisotopic (exact) mass is 328 g/mol. The van der Waals surface area contributed by atoms with Crippen molar-refractivity contribution in [3.63, 3.8) is 0 Å². The Kier molecular flexibility index (Phi) is 4.54. The van der Waals surface area contributed by atoms with E-state index in [4.69, 9.17) is 4.74 Å². The van der Waals surface area contributed by atoms with Crippen LogP contribution in [0.1, 0.15) is 23.3 Å². The van der Waals surface area contributed by atoms with Crippen molar-refractivity contribution >= 4 is 21.8 Å². The predicted octanol–water partition coefficient (Wildman–Crippen LogP) is 1.46. The number of halogens is 1. The first-order valence-electron chi connectivity index (χ1n) is 6.17. The van der Waals surface area contributed by atoms with E-state index in [1.165, 1.54) is 4.90 Å². The Labute approximate surface area is 120 Å². The number of hydrogen-bond acceptors (Lipinski definition) is 4. The first-order valence-corrected chi connectivity index (χ1v) is 6.97. The molecule has 0 aromatic carbocycles. The van der Waals surface area contributed by atoms with Crippen LogP contribution in [-0.4, -0.2) is 53.3 Å². The minimum absolute atomic E-state index is 0.188. The summed E-state index contributed by atoms with van der Waals surface area (Å²) in [5.74, 6) is -0.188. The maximum absolute atomic E-state index is 12.2. The van der Waals surface area contributed by atoms with Crippen LogP contribution >= 0.6 is 15.9 Å². The summed E-state index contributed by atoms with van der Waals surface area (Å²) in [7, 11) is 1.68. The molecule has 2 rings (SSSR count). The van der Waals surface area contributed by atoms with Crippen molar-refractivity contribution in [2.24, 2.45) is 0 Å². The molecular weight excluding hydrogens is 312 g/mol. The van der Waals surface area contributed by atoms with Crippen molar-refractivity contribution in [3.05, 3.63) is 28.5 Å². The average molecular weight is 329 g/mol. The van der Waals surface area contributed by atoms with Gasteiger partial charge in [0.1, 0.15) is 5.69 Å². The third-order valence-electron chi connectivity index (χ3n) is 3.25. The van der Waals surface area contributed by atoms with Gasteiger partial charge in [-0.3, -0.25) is 4.79 Å². The second-order valence-electron chi connectivity index (χ2n) is 4.86. The Morgan fingerprint density at radius 2 is 2.21 bits per heavy atom. The summed E-state index contributed by atoms with van der Waals surface area (Å²) in [6.07, 6.45) is 2.70. The summed E-state index contributed by atoms with van der Waals surface area (Å²) in [5, 5.41) is 10.4. The summed E-state index contributed by atoms with van der Waals surface area (Å²) in [6, 6.07) is 3.44. The van der Waals surface area contributed by atoms with Crippen LogP contribution in [0.4, 0.5) is 0 Å². The average Bonchev–Trinajstić information content (AvgIpc) is 2.39. The van der Waals surface area contributed by atoms with Crippen molar-refractivity contribution in [2.45, 2.75) is 18.4 Å². The highest BCUT2D eigenvalue weighted by atomic mass is 79.9. The Balaban J connectivity index is 2.00. The van der Waals surface area contributed by atoms with Crippen molar-refractivity contribution in [1.29, 1.82) is 0 Å². The van der Waals surface area contributed by atoms with Crippen LogP contribution < -0.4 is 0 Å². The van der Waals surface area contributed by atoms with Crippen LogP contribution in [0.15, 0.2) is 22.8 Å². The second kappa shape index (κ2) is 5.98. The molecule has 104 valence electrons. The first-order chi connectivity index (χ1) is 9.00. The van der Waals surface area contributed by atoms with Gasteiger partial charge in [-0.2, -0.15) is 0 Å². The number of aromatic nitrogens is 1. The molecule has 1 amide bonds. The maximum atomic E-state index is 12.2. The van der Waals surface area contributed by atoms with E-state index in [0.717, 1.165) is 4.47 Å². The minimum atomic E-state index is -0.849. The quantitative estimate of drug-likeness (QED) is 0.912. The number of pyridine rings is 1. The van der Waals surface area contributed by atoms with Gasteiger partial charge in [-0.25, -0.2) is 4.98 Å². The van der Waals surface area contributed by atoms with E-state index in [9.17, 15) is 9.90 Å². The summed E-state index contributed by atoms with van der Waals surface area (Å²) in [4.78, 5) is 17.8. The molecule has 0 saturated carbocycles. The molecule has 0 aliphatic carbocycles. The molecule has 0 unspecified atom stereocenters. The van der Waals surface area contributed by atoms with Gasteiger partial charge >= 0.3 is 0 Å². The number of likely N-dealkylation sites (N-methyl/N-ethyl adjacent to an activating group) is 1. The standard InChI is InChI=1S/C13H17BrN2O3/c1-16(9-13(18)4-6-19-7-5-13)12(17)11-3-2-10(14)8-15-11/h2-3,8,18H,4-7,9H2,1H3. The molecule has 0 atom stereocenters. The van der Waals surface area contributed by atoms with E-state index in [1.807, 2.05) is 0 Å². The van der Waals surface area contributed by atoms with Crippen LogP contribution in [0.25, 0.3) is 0 Å². The number of nitrogens with zero attached hydrogens (tertiary/aromatic N) is 2. The van der Waals surface area contributed by atoms with Crippen LogP contribution in [-0.2, 0) is 4.74 Å². The summed E-state index contributed by atoms with van der Waals surface area (Å²) in [6.45, 7) is 1.37. The van der Waals surface area contributed by atoms with Crippen LogP contribution in [0.5, 0.6) is 0 Å². The van der Waals surface area contributed by atoms with Crippen molar-refractivity contribution < 1.29 is 14.6 Å². The summed E-state index contributed by atoms with van der Waals surface area (Å²) in [5.41, 5.74) is -0.473. The lowest BCUT2D eigenvalue weighted by Crippen LogP contribution is -2.47. The SMILES string of the molecule is CN(CC1(O)CCOCC1)C(=O)c1ccc(Br)cn1. The zero-order valence-corrected chi connectivity index (χ0v) is 12.4. The number of aliphatic hydroxyl groups is 1. The van der Waals surface area contributed by atoms with E-state index in [1.54, 1.807) is 25.4 Å². The molecule has 1 aliphatic rings. The molecule has 1 aromatic rings. The third-order valence-corrected chi connectivity index (χ3v) is 3.72. The molecule has 1 saturated heterocycles. The zero-order chi connectivity index (χ0) is 13.9.